The minimum Gasteiger partial charge on any atom is -0.496 e. The topological polar surface area (TPSA) is 29.5 Å². The zero-order valence-electron chi connectivity index (χ0n) is 6.17. The summed E-state index contributed by atoms with van der Waals surface area (Å²) in [5.41, 5.74) is 0.877. The predicted molar refractivity (Wildman–Crippen MR) is 51.6 cm³/mol. The largest absolute Gasteiger partial charge is 0.496 e. The van der Waals surface area contributed by atoms with Gasteiger partial charge >= 0.3 is 0 Å². The fraction of sp³-hybridized carbons (Fsp3) is 0.250. The molecular weight excluding hydrogens is 255 g/mol. The van der Waals surface area contributed by atoms with E-state index in [-0.39, 0.29) is 6.61 Å². The van der Waals surface area contributed by atoms with Crippen LogP contribution in [0.15, 0.2) is 18.2 Å². The molecule has 0 aliphatic heterocycles. The zero-order valence-corrected chi connectivity index (χ0v) is 8.33. The number of hydrogen-bond acceptors (Lipinski definition) is 2. The van der Waals surface area contributed by atoms with Crippen LogP contribution in [0.3, 0.4) is 0 Å². The first kappa shape index (κ1) is 8.80. The van der Waals surface area contributed by atoms with E-state index in [0.29, 0.717) is 0 Å². The van der Waals surface area contributed by atoms with Crippen LogP contribution in [0.2, 0.25) is 0 Å². The molecule has 0 aliphatic rings. The van der Waals surface area contributed by atoms with Crippen molar-refractivity contribution in [1.29, 1.82) is 0 Å². The van der Waals surface area contributed by atoms with E-state index in [0.717, 1.165) is 14.9 Å². The van der Waals surface area contributed by atoms with E-state index in [2.05, 4.69) is 22.6 Å². The minimum absolute atomic E-state index is 0.0628. The molecule has 0 aliphatic carbocycles. The van der Waals surface area contributed by atoms with Crippen LogP contribution in [0.5, 0.6) is 5.75 Å². The second-order valence-corrected chi connectivity index (χ2v) is 3.29. The van der Waals surface area contributed by atoms with Gasteiger partial charge in [-0.05, 0) is 40.3 Å². The van der Waals surface area contributed by atoms with E-state index in [1.807, 2.05) is 18.2 Å². The molecule has 0 unspecified atom stereocenters. The Morgan fingerprint density at radius 3 is 2.82 bits per heavy atom. The molecule has 0 atom stereocenters. The number of benzene rings is 1. The van der Waals surface area contributed by atoms with Gasteiger partial charge in [-0.2, -0.15) is 0 Å². The Hall–Kier alpha value is -0.290. The number of aliphatic hydroxyl groups is 1. The molecule has 0 saturated carbocycles. The lowest BCUT2D eigenvalue weighted by molar-refractivity contribution is 0.281. The Morgan fingerprint density at radius 2 is 2.27 bits per heavy atom. The summed E-state index contributed by atoms with van der Waals surface area (Å²) in [6, 6.07) is 5.64. The average Bonchev–Trinajstić information content (AvgIpc) is 2.05. The number of ether oxygens (including phenoxy) is 1. The number of methoxy groups -OCH3 is 1. The summed E-state index contributed by atoms with van der Waals surface area (Å²) in [5, 5.41) is 8.79. The summed E-state index contributed by atoms with van der Waals surface area (Å²) in [6.45, 7) is 0.0628. The summed E-state index contributed by atoms with van der Waals surface area (Å²) < 4.78 is 6.13. The normalized spacial score (nSPS) is 9.73. The first-order chi connectivity index (χ1) is 5.27. The zero-order chi connectivity index (χ0) is 8.27. The number of halogens is 1. The second kappa shape index (κ2) is 3.92. The number of hydrogen-bond donors (Lipinski definition) is 1. The van der Waals surface area contributed by atoms with E-state index in [4.69, 9.17) is 9.84 Å². The molecule has 60 valence electrons. The Kier molecular flexibility index (Phi) is 3.14. The third-order valence-electron chi connectivity index (χ3n) is 1.40. The molecule has 0 fully saturated rings. The van der Waals surface area contributed by atoms with Crippen LogP contribution < -0.4 is 4.74 Å². The van der Waals surface area contributed by atoms with Gasteiger partial charge in [0.1, 0.15) is 5.75 Å². The molecule has 1 aromatic rings. The van der Waals surface area contributed by atoms with Gasteiger partial charge in [0.15, 0.2) is 0 Å². The van der Waals surface area contributed by atoms with Crippen molar-refractivity contribution in [2.45, 2.75) is 6.61 Å². The van der Waals surface area contributed by atoms with E-state index < -0.39 is 0 Å². The molecular formula is C8H9IO2. The van der Waals surface area contributed by atoms with Crippen molar-refractivity contribution in [3.63, 3.8) is 0 Å². The van der Waals surface area contributed by atoms with Crippen molar-refractivity contribution < 1.29 is 9.84 Å². The first-order valence-electron chi connectivity index (χ1n) is 3.21. The smallest absolute Gasteiger partial charge is 0.132 e. The highest BCUT2D eigenvalue weighted by Crippen LogP contribution is 2.21. The van der Waals surface area contributed by atoms with Gasteiger partial charge in [-0.25, -0.2) is 0 Å². The Morgan fingerprint density at radius 1 is 1.55 bits per heavy atom. The summed E-state index contributed by atoms with van der Waals surface area (Å²) in [7, 11) is 1.62. The maximum Gasteiger partial charge on any atom is 0.132 e. The van der Waals surface area contributed by atoms with E-state index >= 15 is 0 Å². The second-order valence-electron chi connectivity index (χ2n) is 2.13. The highest BCUT2D eigenvalue weighted by molar-refractivity contribution is 14.1. The summed E-state index contributed by atoms with van der Waals surface area (Å²) in [6.07, 6.45) is 0. The molecule has 0 radical (unpaired) electrons. The molecule has 11 heavy (non-hydrogen) atoms. The van der Waals surface area contributed by atoms with Crippen molar-refractivity contribution >= 4 is 22.6 Å². The van der Waals surface area contributed by atoms with Gasteiger partial charge in [0, 0.05) is 0 Å². The fourth-order valence-corrected chi connectivity index (χ4v) is 1.36. The van der Waals surface area contributed by atoms with Gasteiger partial charge in [0.25, 0.3) is 0 Å². The lowest BCUT2D eigenvalue weighted by Crippen LogP contribution is -1.89. The van der Waals surface area contributed by atoms with Gasteiger partial charge in [0.2, 0.25) is 0 Å². The van der Waals surface area contributed by atoms with Crippen molar-refractivity contribution in [2.75, 3.05) is 7.11 Å². The lowest BCUT2D eigenvalue weighted by Gasteiger charge is -2.03. The van der Waals surface area contributed by atoms with Crippen LogP contribution in [0.25, 0.3) is 0 Å². The Labute approximate surface area is 79.3 Å². The van der Waals surface area contributed by atoms with Gasteiger partial charge in [-0.1, -0.05) is 6.07 Å². The highest BCUT2D eigenvalue weighted by atomic mass is 127. The van der Waals surface area contributed by atoms with Crippen LogP contribution in [-0.4, -0.2) is 12.2 Å². The van der Waals surface area contributed by atoms with Crippen molar-refractivity contribution in [2.24, 2.45) is 0 Å². The van der Waals surface area contributed by atoms with Gasteiger partial charge in [-0.3, -0.25) is 0 Å². The predicted octanol–water partition coefficient (Wildman–Crippen LogP) is 1.79. The van der Waals surface area contributed by atoms with Crippen LogP contribution in [0, 0.1) is 3.57 Å². The molecule has 0 saturated heterocycles. The third-order valence-corrected chi connectivity index (χ3v) is 2.29. The molecule has 0 bridgehead atoms. The Bertz CT molecular complexity index is 248. The van der Waals surface area contributed by atoms with Gasteiger partial charge in [0.05, 0.1) is 17.3 Å². The van der Waals surface area contributed by atoms with Crippen molar-refractivity contribution in [3.05, 3.63) is 27.3 Å². The van der Waals surface area contributed by atoms with Crippen molar-refractivity contribution in [1.82, 2.24) is 0 Å². The summed E-state index contributed by atoms with van der Waals surface area (Å²) in [5.74, 6) is 0.817. The van der Waals surface area contributed by atoms with E-state index in [9.17, 15) is 0 Å². The third kappa shape index (κ3) is 2.07. The van der Waals surface area contributed by atoms with E-state index in [1.54, 1.807) is 7.11 Å². The summed E-state index contributed by atoms with van der Waals surface area (Å²) >= 11 is 2.19. The lowest BCUT2D eigenvalue weighted by atomic mass is 10.2. The Balaban J connectivity index is 3.02. The number of aliphatic hydroxyl groups excluding tert-OH is 1. The molecule has 0 amide bonds. The molecule has 1 aromatic carbocycles. The van der Waals surface area contributed by atoms with Crippen molar-refractivity contribution in [3.8, 4) is 5.75 Å². The quantitative estimate of drug-likeness (QED) is 0.825. The molecule has 0 heterocycles. The first-order valence-corrected chi connectivity index (χ1v) is 4.29. The minimum atomic E-state index is 0.0628. The molecule has 2 nitrogen and oxygen atoms in total. The molecule has 1 N–H and O–H groups in total. The molecule has 3 heteroatoms. The molecule has 0 spiro atoms. The van der Waals surface area contributed by atoms with Crippen LogP contribution in [0.4, 0.5) is 0 Å². The monoisotopic (exact) mass is 264 g/mol. The van der Waals surface area contributed by atoms with Gasteiger partial charge in [-0.15, -0.1) is 0 Å². The van der Waals surface area contributed by atoms with Crippen LogP contribution in [0.1, 0.15) is 5.56 Å². The SMILES string of the molecule is COc1cc(CO)ccc1I. The van der Waals surface area contributed by atoms with Crippen LogP contribution >= 0.6 is 22.6 Å². The number of rotatable bonds is 2. The average molecular weight is 264 g/mol. The molecule has 1 rings (SSSR count). The standard InChI is InChI=1S/C8H9IO2/c1-11-8-4-6(5-10)2-3-7(8)9/h2-4,10H,5H2,1H3. The maximum atomic E-state index is 8.79. The highest BCUT2D eigenvalue weighted by Gasteiger charge is 1.99. The fourth-order valence-electron chi connectivity index (χ4n) is 0.803. The van der Waals surface area contributed by atoms with Crippen LogP contribution in [-0.2, 0) is 6.61 Å². The summed E-state index contributed by atoms with van der Waals surface area (Å²) in [4.78, 5) is 0. The van der Waals surface area contributed by atoms with E-state index in [1.165, 1.54) is 0 Å². The molecule has 0 aromatic heterocycles. The maximum absolute atomic E-state index is 8.79. The van der Waals surface area contributed by atoms with Gasteiger partial charge < -0.3 is 9.84 Å².